The third-order valence-electron chi connectivity index (χ3n) is 8.19. The molecule has 262 valence electrons. The maximum Gasteiger partial charge on any atom is 0.257 e. The summed E-state index contributed by atoms with van der Waals surface area (Å²) in [6.45, 7) is 0.607. The van der Waals surface area contributed by atoms with Crippen LogP contribution in [0.5, 0.6) is 5.75 Å². The molecule has 4 N–H and O–H groups in total. The Balaban J connectivity index is 0.000000165. The van der Waals surface area contributed by atoms with Gasteiger partial charge in [0.25, 0.3) is 11.8 Å². The number of fused-ring (bicyclic) bond motifs is 2. The molecule has 53 heavy (non-hydrogen) atoms. The summed E-state index contributed by atoms with van der Waals surface area (Å²) >= 11 is 3.50. The Hall–Kier alpha value is -6.79. The maximum atomic E-state index is 12.8. The van der Waals surface area contributed by atoms with Gasteiger partial charge < -0.3 is 20.7 Å². The number of ether oxygens (including phenoxy) is 1. The molecule has 0 saturated carbocycles. The molecule has 3 aromatic heterocycles. The molecule has 3 heterocycles. The van der Waals surface area contributed by atoms with Crippen LogP contribution in [0.25, 0.3) is 21.8 Å². The molecule has 0 unspecified atom stereocenters. The highest BCUT2D eigenvalue weighted by atomic mass is 79.9. The number of halogens is 1. The van der Waals surface area contributed by atoms with E-state index in [2.05, 4.69) is 52.2 Å². The van der Waals surface area contributed by atoms with Gasteiger partial charge in [-0.1, -0.05) is 64.5 Å². The quantitative estimate of drug-likeness (QED) is 0.115. The van der Waals surface area contributed by atoms with Crippen molar-refractivity contribution in [2.75, 3.05) is 23.1 Å². The van der Waals surface area contributed by atoms with E-state index in [1.165, 1.54) is 0 Å². The van der Waals surface area contributed by atoms with Crippen LogP contribution in [-0.4, -0.2) is 43.9 Å². The van der Waals surface area contributed by atoms with Crippen LogP contribution in [0.1, 0.15) is 26.3 Å². The third-order valence-corrected chi connectivity index (χ3v) is 8.65. The smallest absolute Gasteiger partial charge is 0.257 e. The van der Waals surface area contributed by atoms with Crippen LogP contribution in [0.15, 0.2) is 151 Å². The predicted octanol–water partition coefficient (Wildman–Crippen LogP) is 9.06. The summed E-state index contributed by atoms with van der Waals surface area (Å²) < 4.78 is 7.88. The monoisotopic (exact) mass is 764 g/mol. The minimum absolute atomic E-state index is 0.188. The molecule has 8 rings (SSSR count). The summed E-state index contributed by atoms with van der Waals surface area (Å²) in [7, 11) is 1.65. The molecule has 0 radical (unpaired) electrons. The molecule has 0 spiro atoms. The summed E-state index contributed by atoms with van der Waals surface area (Å²) in [4.78, 5) is 29.6. The zero-order chi connectivity index (χ0) is 36.6. The van der Waals surface area contributed by atoms with E-state index in [4.69, 9.17) is 4.74 Å². The largest absolute Gasteiger partial charge is 0.497 e. The fourth-order valence-corrected chi connectivity index (χ4v) is 6.15. The van der Waals surface area contributed by atoms with Crippen molar-refractivity contribution in [1.29, 1.82) is 0 Å². The number of carbonyl (C=O) groups is 2. The maximum absolute atomic E-state index is 12.8. The first-order valence-electron chi connectivity index (χ1n) is 16.6. The molecular weight excluding hydrogens is 732 g/mol. The van der Waals surface area contributed by atoms with Gasteiger partial charge in [-0.25, -0.2) is 0 Å². The number of H-pyrrole nitrogens is 1. The van der Waals surface area contributed by atoms with Gasteiger partial charge in [0.2, 0.25) is 0 Å². The van der Waals surface area contributed by atoms with Gasteiger partial charge in [-0.05, 0) is 78.4 Å². The number of hydrogen-bond acceptors (Lipinski definition) is 7. The number of aromatic amines is 1. The molecule has 0 bridgehead atoms. The van der Waals surface area contributed by atoms with Crippen molar-refractivity contribution in [3.63, 3.8) is 0 Å². The molecule has 5 aromatic carbocycles. The average Bonchev–Trinajstić information content (AvgIpc) is 3.83. The van der Waals surface area contributed by atoms with Gasteiger partial charge in [0.05, 0.1) is 36.5 Å². The number of rotatable bonds is 9. The van der Waals surface area contributed by atoms with Gasteiger partial charge in [0.1, 0.15) is 11.3 Å². The Kier molecular flexibility index (Phi) is 10.5. The molecule has 0 aliphatic carbocycles. The molecule has 0 saturated heterocycles. The summed E-state index contributed by atoms with van der Waals surface area (Å²) in [5, 5.41) is 22.5. The van der Waals surface area contributed by atoms with Gasteiger partial charge >= 0.3 is 0 Å². The number of pyridine rings is 1. The number of aromatic nitrogens is 5. The molecule has 0 aliphatic heterocycles. The lowest BCUT2D eigenvalue weighted by molar-refractivity contribution is 0.102. The number of para-hydroxylation sites is 2. The van der Waals surface area contributed by atoms with E-state index in [-0.39, 0.29) is 11.8 Å². The van der Waals surface area contributed by atoms with E-state index < -0.39 is 0 Å². The second-order valence-corrected chi connectivity index (χ2v) is 12.8. The summed E-state index contributed by atoms with van der Waals surface area (Å²) in [6, 6.07) is 37.8. The van der Waals surface area contributed by atoms with Gasteiger partial charge in [-0.3, -0.25) is 24.4 Å². The van der Waals surface area contributed by atoms with Crippen LogP contribution < -0.4 is 20.7 Å². The fourth-order valence-electron chi connectivity index (χ4n) is 5.67. The molecular formula is C41H33BrN8O3. The second-order valence-electron chi connectivity index (χ2n) is 11.9. The average molecular weight is 766 g/mol. The van der Waals surface area contributed by atoms with Crippen molar-refractivity contribution < 1.29 is 14.3 Å². The molecule has 11 nitrogen and oxygen atoms in total. The van der Waals surface area contributed by atoms with Gasteiger partial charge in [0, 0.05) is 56.6 Å². The van der Waals surface area contributed by atoms with E-state index in [1.807, 2.05) is 120 Å². The van der Waals surface area contributed by atoms with E-state index in [9.17, 15) is 9.59 Å². The molecule has 12 heteroatoms. The first-order valence-corrected chi connectivity index (χ1v) is 17.4. The Morgan fingerprint density at radius 3 is 2.06 bits per heavy atom. The van der Waals surface area contributed by atoms with Crippen molar-refractivity contribution in [3.8, 4) is 5.75 Å². The molecule has 0 aliphatic rings. The molecule has 2 amide bonds. The summed E-state index contributed by atoms with van der Waals surface area (Å²) in [5.41, 5.74) is 6.72. The first kappa shape index (κ1) is 34.6. The standard InChI is InChI=1S/C22H18BrN3O2.C19H15N5O/c1-28-19-9-7-15(8-10-19)13-26-14-16-11-17(23)12-20(21(16)25-26)22(27)24-18-5-3-2-4-6-18;25-19(23-14-4-2-1-3-5-14)17-11-16(10-13-12-21-24-18(13)17)22-15-6-8-20-9-7-15/h2-12,14H,13H2,1H3,(H,24,27);1-12H,(H,20,22)(H,21,24)(H,23,25). The van der Waals surface area contributed by atoms with Gasteiger partial charge in [0.15, 0.2) is 0 Å². The Labute approximate surface area is 313 Å². The second kappa shape index (κ2) is 16.0. The van der Waals surface area contributed by atoms with E-state index in [1.54, 1.807) is 37.8 Å². The van der Waals surface area contributed by atoms with Crippen LogP contribution in [0, 0.1) is 0 Å². The number of nitrogens with one attached hydrogen (secondary N) is 4. The number of amides is 2. The van der Waals surface area contributed by atoms with Crippen molar-refractivity contribution in [3.05, 3.63) is 167 Å². The Bertz CT molecular complexity index is 2490. The van der Waals surface area contributed by atoms with Crippen LogP contribution in [0.2, 0.25) is 0 Å². The highest BCUT2D eigenvalue weighted by molar-refractivity contribution is 9.10. The minimum Gasteiger partial charge on any atom is -0.497 e. The van der Waals surface area contributed by atoms with Crippen molar-refractivity contribution in [2.45, 2.75) is 6.54 Å². The normalized spacial score (nSPS) is 10.7. The van der Waals surface area contributed by atoms with Crippen LogP contribution in [0.4, 0.5) is 22.7 Å². The van der Waals surface area contributed by atoms with E-state index >= 15 is 0 Å². The number of methoxy groups -OCH3 is 1. The topological polar surface area (TPSA) is 139 Å². The van der Waals surface area contributed by atoms with Crippen molar-refractivity contribution in [2.24, 2.45) is 0 Å². The zero-order valence-corrected chi connectivity index (χ0v) is 30.0. The summed E-state index contributed by atoms with van der Waals surface area (Å²) in [5.74, 6) is 0.434. The van der Waals surface area contributed by atoms with Crippen molar-refractivity contribution in [1.82, 2.24) is 25.0 Å². The lowest BCUT2D eigenvalue weighted by Gasteiger charge is -2.10. The number of hydrogen-bond donors (Lipinski definition) is 4. The van der Waals surface area contributed by atoms with Crippen LogP contribution in [0.3, 0.4) is 0 Å². The zero-order valence-electron chi connectivity index (χ0n) is 28.5. The van der Waals surface area contributed by atoms with Crippen LogP contribution >= 0.6 is 15.9 Å². The Morgan fingerprint density at radius 2 is 1.40 bits per heavy atom. The van der Waals surface area contributed by atoms with Gasteiger partial charge in [-0.2, -0.15) is 10.2 Å². The fraction of sp³-hybridized carbons (Fsp3) is 0.0488. The van der Waals surface area contributed by atoms with E-state index in [0.29, 0.717) is 28.7 Å². The lowest BCUT2D eigenvalue weighted by atomic mass is 10.1. The first-order chi connectivity index (χ1) is 25.9. The number of anilines is 4. The van der Waals surface area contributed by atoms with Crippen molar-refractivity contribution >= 4 is 72.3 Å². The lowest BCUT2D eigenvalue weighted by Crippen LogP contribution is -2.12. The van der Waals surface area contributed by atoms with Gasteiger partial charge in [-0.15, -0.1) is 0 Å². The molecule has 0 atom stereocenters. The molecule has 0 fully saturated rings. The summed E-state index contributed by atoms with van der Waals surface area (Å²) in [6.07, 6.45) is 7.07. The third kappa shape index (κ3) is 8.58. The highest BCUT2D eigenvalue weighted by Crippen LogP contribution is 2.27. The SMILES string of the molecule is COc1ccc(Cn2cc3cc(Br)cc(C(=O)Nc4ccccc4)c3n2)cc1.O=C(Nc1ccccc1)c1cc(Nc2ccncc2)cc2cn[nH]c12. The number of carbonyl (C=O) groups excluding carboxylic acids is 2. The highest BCUT2D eigenvalue weighted by Gasteiger charge is 2.16. The Morgan fingerprint density at radius 1 is 0.736 bits per heavy atom. The predicted molar refractivity (Wildman–Crippen MR) is 212 cm³/mol. The minimum atomic E-state index is -0.196. The van der Waals surface area contributed by atoms with Crippen LogP contribution in [-0.2, 0) is 6.54 Å². The number of benzene rings is 5. The number of nitrogens with zero attached hydrogens (tertiary/aromatic N) is 4. The molecule has 8 aromatic rings. The van der Waals surface area contributed by atoms with E-state index in [0.717, 1.165) is 49.3 Å².